The van der Waals surface area contributed by atoms with E-state index in [-0.39, 0.29) is 23.4 Å². The summed E-state index contributed by atoms with van der Waals surface area (Å²) in [5.74, 6) is -0.184. The number of rotatable bonds is 2. The van der Waals surface area contributed by atoms with Gasteiger partial charge in [0.2, 0.25) is 0 Å². The monoisotopic (exact) mass is 265 g/mol. The predicted octanol–water partition coefficient (Wildman–Crippen LogP) is 1.04. The fraction of sp³-hybridized carbons (Fsp3) is 0.417. The molecular formula is C12H15N3O4. The molecule has 1 aliphatic rings. The number of carbonyl (C=O) groups is 1. The van der Waals surface area contributed by atoms with Crippen LogP contribution in [0.3, 0.4) is 0 Å². The number of carbonyl (C=O) groups excluding carboxylic acids is 1. The summed E-state index contributed by atoms with van der Waals surface area (Å²) in [7, 11) is 0. The Kier molecular flexibility index (Phi) is 3.66. The lowest BCUT2D eigenvalue weighted by Gasteiger charge is -2.31. The second-order valence-corrected chi connectivity index (χ2v) is 4.46. The number of nitrogens with two attached hydrogens (primary N) is 1. The van der Waals surface area contributed by atoms with E-state index in [4.69, 9.17) is 10.5 Å². The van der Waals surface area contributed by atoms with Gasteiger partial charge in [0, 0.05) is 24.7 Å². The van der Waals surface area contributed by atoms with E-state index >= 15 is 0 Å². The molecule has 2 rings (SSSR count). The van der Waals surface area contributed by atoms with Crippen LogP contribution in [0.2, 0.25) is 0 Å². The Morgan fingerprint density at radius 2 is 2.32 bits per heavy atom. The molecule has 1 aromatic rings. The molecule has 1 unspecified atom stereocenters. The maximum absolute atomic E-state index is 12.2. The number of nitrogen functional groups attached to an aromatic ring is 1. The first-order chi connectivity index (χ1) is 8.99. The molecule has 0 aliphatic carbocycles. The van der Waals surface area contributed by atoms with Crippen LogP contribution in [0.5, 0.6) is 0 Å². The third-order valence-electron chi connectivity index (χ3n) is 3.00. The molecular weight excluding hydrogens is 250 g/mol. The van der Waals surface area contributed by atoms with Gasteiger partial charge in [-0.3, -0.25) is 14.9 Å². The van der Waals surface area contributed by atoms with Gasteiger partial charge in [0.05, 0.1) is 17.6 Å². The van der Waals surface area contributed by atoms with Crippen LogP contribution >= 0.6 is 0 Å². The maximum atomic E-state index is 12.2. The van der Waals surface area contributed by atoms with Crippen LogP contribution in [-0.2, 0) is 4.74 Å². The number of hydrogen-bond acceptors (Lipinski definition) is 5. The molecule has 0 spiro atoms. The van der Waals surface area contributed by atoms with Crippen molar-refractivity contribution >= 4 is 17.3 Å². The number of hydrogen-bond donors (Lipinski definition) is 1. The first kappa shape index (κ1) is 13.3. The number of ether oxygens (including phenoxy) is 1. The van der Waals surface area contributed by atoms with Crippen LogP contribution in [0.4, 0.5) is 11.4 Å². The molecule has 102 valence electrons. The van der Waals surface area contributed by atoms with E-state index in [1.807, 2.05) is 6.92 Å². The number of benzene rings is 1. The van der Waals surface area contributed by atoms with Crippen molar-refractivity contribution in [1.29, 1.82) is 0 Å². The van der Waals surface area contributed by atoms with Gasteiger partial charge in [0.15, 0.2) is 0 Å². The Hall–Kier alpha value is -2.15. The third-order valence-corrected chi connectivity index (χ3v) is 3.00. The zero-order valence-electron chi connectivity index (χ0n) is 10.5. The molecule has 1 aromatic carbocycles. The molecule has 1 amide bonds. The topological polar surface area (TPSA) is 98.7 Å². The van der Waals surface area contributed by atoms with Crippen LogP contribution in [0.1, 0.15) is 17.3 Å². The average Bonchev–Trinajstić information content (AvgIpc) is 2.37. The Morgan fingerprint density at radius 3 is 2.89 bits per heavy atom. The van der Waals surface area contributed by atoms with Gasteiger partial charge in [-0.05, 0) is 19.1 Å². The standard InChI is InChI=1S/C12H15N3O4/c1-8-7-14(4-5-19-8)12(16)9-2-3-11(15(17)18)10(13)6-9/h2-3,6,8H,4-5,7,13H2,1H3. The van der Waals surface area contributed by atoms with Crippen LogP contribution in [0, 0.1) is 10.1 Å². The number of nitro benzene ring substituents is 1. The molecule has 0 bridgehead atoms. The predicted molar refractivity (Wildman–Crippen MR) is 68.8 cm³/mol. The van der Waals surface area contributed by atoms with Crippen molar-refractivity contribution in [3.8, 4) is 0 Å². The lowest BCUT2D eigenvalue weighted by molar-refractivity contribution is -0.383. The van der Waals surface area contributed by atoms with Crippen LogP contribution < -0.4 is 5.73 Å². The fourth-order valence-electron chi connectivity index (χ4n) is 2.04. The number of nitro groups is 1. The van der Waals surface area contributed by atoms with E-state index in [2.05, 4.69) is 0 Å². The van der Waals surface area contributed by atoms with Crippen LogP contribution in [0.25, 0.3) is 0 Å². The van der Waals surface area contributed by atoms with Gasteiger partial charge in [-0.15, -0.1) is 0 Å². The van der Waals surface area contributed by atoms with E-state index < -0.39 is 4.92 Å². The maximum Gasteiger partial charge on any atom is 0.292 e. The highest BCUT2D eigenvalue weighted by Gasteiger charge is 2.23. The lowest BCUT2D eigenvalue weighted by atomic mass is 10.1. The molecule has 0 radical (unpaired) electrons. The largest absolute Gasteiger partial charge is 0.393 e. The smallest absolute Gasteiger partial charge is 0.292 e. The average molecular weight is 265 g/mol. The minimum atomic E-state index is -0.569. The van der Waals surface area contributed by atoms with E-state index in [0.717, 1.165) is 0 Å². The molecule has 1 saturated heterocycles. The number of nitrogens with zero attached hydrogens (tertiary/aromatic N) is 2. The molecule has 7 heteroatoms. The summed E-state index contributed by atoms with van der Waals surface area (Å²) >= 11 is 0. The summed E-state index contributed by atoms with van der Waals surface area (Å²) in [4.78, 5) is 24.0. The summed E-state index contributed by atoms with van der Waals surface area (Å²) in [5.41, 5.74) is 5.75. The Bertz CT molecular complexity index is 518. The van der Waals surface area contributed by atoms with Gasteiger partial charge in [-0.25, -0.2) is 0 Å². The Balaban J connectivity index is 2.19. The summed E-state index contributed by atoms with van der Waals surface area (Å²) in [6, 6.07) is 4.03. The van der Waals surface area contributed by atoms with Gasteiger partial charge in [-0.2, -0.15) is 0 Å². The van der Waals surface area contributed by atoms with E-state index in [9.17, 15) is 14.9 Å². The van der Waals surface area contributed by atoms with Crippen LogP contribution in [0.15, 0.2) is 18.2 Å². The summed E-state index contributed by atoms with van der Waals surface area (Å²) in [6.45, 7) is 3.41. The first-order valence-electron chi connectivity index (χ1n) is 5.94. The quantitative estimate of drug-likeness (QED) is 0.489. The van der Waals surface area contributed by atoms with Crippen molar-refractivity contribution in [3.05, 3.63) is 33.9 Å². The van der Waals surface area contributed by atoms with Crippen molar-refractivity contribution in [3.63, 3.8) is 0 Å². The highest BCUT2D eigenvalue weighted by Crippen LogP contribution is 2.23. The first-order valence-corrected chi connectivity index (χ1v) is 5.94. The lowest BCUT2D eigenvalue weighted by Crippen LogP contribution is -2.44. The highest BCUT2D eigenvalue weighted by atomic mass is 16.6. The zero-order chi connectivity index (χ0) is 14.0. The van der Waals surface area contributed by atoms with Gasteiger partial charge < -0.3 is 15.4 Å². The molecule has 1 aliphatic heterocycles. The summed E-state index contributed by atoms with van der Waals surface area (Å²) in [6.07, 6.45) is -0.00639. The normalized spacial score (nSPS) is 19.2. The number of anilines is 1. The van der Waals surface area contributed by atoms with Crippen molar-refractivity contribution in [1.82, 2.24) is 4.90 Å². The number of morpholine rings is 1. The van der Waals surface area contributed by atoms with Gasteiger partial charge in [0.25, 0.3) is 11.6 Å². The van der Waals surface area contributed by atoms with Crippen molar-refractivity contribution in [2.24, 2.45) is 0 Å². The van der Waals surface area contributed by atoms with E-state index in [1.165, 1.54) is 18.2 Å². The molecule has 19 heavy (non-hydrogen) atoms. The van der Waals surface area contributed by atoms with E-state index in [0.29, 0.717) is 25.3 Å². The Labute approximate surface area is 110 Å². The second kappa shape index (κ2) is 5.23. The summed E-state index contributed by atoms with van der Waals surface area (Å²) in [5, 5.41) is 10.7. The Morgan fingerprint density at radius 1 is 1.58 bits per heavy atom. The molecule has 1 fully saturated rings. The molecule has 0 aromatic heterocycles. The van der Waals surface area contributed by atoms with Crippen molar-refractivity contribution in [2.75, 3.05) is 25.4 Å². The van der Waals surface area contributed by atoms with E-state index in [1.54, 1.807) is 4.90 Å². The van der Waals surface area contributed by atoms with Gasteiger partial charge in [0.1, 0.15) is 5.69 Å². The zero-order valence-corrected chi connectivity index (χ0v) is 10.5. The minimum absolute atomic E-state index is 0.00263. The molecule has 7 nitrogen and oxygen atoms in total. The van der Waals surface area contributed by atoms with Gasteiger partial charge in [-0.1, -0.05) is 0 Å². The van der Waals surface area contributed by atoms with Crippen molar-refractivity contribution < 1.29 is 14.5 Å². The minimum Gasteiger partial charge on any atom is -0.393 e. The van der Waals surface area contributed by atoms with Crippen LogP contribution in [-0.4, -0.2) is 41.5 Å². The number of amides is 1. The molecule has 1 heterocycles. The molecule has 0 saturated carbocycles. The molecule has 2 N–H and O–H groups in total. The van der Waals surface area contributed by atoms with Gasteiger partial charge >= 0.3 is 0 Å². The molecule has 1 atom stereocenters. The fourth-order valence-corrected chi connectivity index (χ4v) is 2.04. The van der Waals surface area contributed by atoms with Crippen molar-refractivity contribution in [2.45, 2.75) is 13.0 Å². The highest BCUT2D eigenvalue weighted by molar-refractivity contribution is 5.95. The SMILES string of the molecule is CC1CN(C(=O)c2ccc([N+](=O)[O-])c(N)c2)CCO1. The second-order valence-electron chi connectivity index (χ2n) is 4.46. The summed E-state index contributed by atoms with van der Waals surface area (Å²) < 4.78 is 5.36. The third kappa shape index (κ3) is 2.82.